The number of anilines is 3. The van der Waals surface area contributed by atoms with Crippen LogP contribution in [-0.4, -0.2) is 28.7 Å². The van der Waals surface area contributed by atoms with Gasteiger partial charge in [-0.1, -0.05) is 0 Å². The van der Waals surface area contributed by atoms with E-state index in [1.54, 1.807) is 6.26 Å². The number of amides is 1. The Kier molecular flexibility index (Phi) is 3.86. The number of hydrogen-bond acceptors (Lipinski definition) is 4. The maximum Gasteiger partial charge on any atom is 0.228 e. The van der Waals surface area contributed by atoms with Crippen molar-refractivity contribution in [1.82, 2.24) is 0 Å². The van der Waals surface area contributed by atoms with E-state index in [1.807, 2.05) is 12.1 Å². The van der Waals surface area contributed by atoms with Gasteiger partial charge in [-0.05, 0) is 24.1 Å². The second kappa shape index (κ2) is 5.39. The van der Waals surface area contributed by atoms with Crippen LogP contribution in [0.25, 0.3) is 0 Å². The van der Waals surface area contributed by atoms with Crippen molar-refractivity contribution < 1.29 is 9.00 Å². The van der Waals surface area contributed by atoms with Crippen molar-refractivity contribution in [2.75, 3.05) is 34.9 Å². The summed E-state index contributed by atoms with van der Waals surface area (Å²) in [6.07, 6.45) is 2.92. The highest BCUT2D eigenvalue weighted by Crippen LogP contribution is 2.31. The molecular formula is C12H17N3O2S. The van der Waals surface area contributed by atoms with Gasteiger partial charge in [0.2, 0.25) is 5.91 Å². The molecule has 2 rings (SSSR count). The molecule has 1 heterocycles. The third-order valence-corrected chi connectivity index (χ3v) is 3.69. The van der Waals surface area contributed by atoms with Gasteiger partial charge in [0.1, 0.15) is 0 Å². The van der Waals surface area contributed by atoms with Crippen LogP contribution in [0.2, 0.25) is 0 Å². The second-order valence-corrected chi connectivity index (χ2v) is 5.93. The average molecular weight is 267 g/mol. The minimum Gasteiger partial charge on any atom is -0.397 e. The molecule has 0 fully saturated rings. The summed E-state index contributed by atoms with van der Waals surface area (Å²) in [5.41, 5.74) is 9.15. The number of nitrogens with one attached hydrogen (secondary N) is 2. The van der Waals surface area contributed by atoms with Gasteiger partial charge >= 0.3 is 0 Å². The van der Waals surface area contributed by atoms with Crippen molar-refractivity contribution in [3.8, 4) is 0 Å². The topological polar surface area (TPSA) is 84.2 Å². The Morgan fingerprint density at radius 1 is 1.50 bits per heavy atom. The summed E-state index contributed by atoms with van der Waals surface area (Å²) in [7, 11) is -0.761. The fourth-order valence-corrected chi connectivity index (χ4v) is 2.50. The standard InChI is InChI=1S/C12H17N3O2S/c1-18(17)4-2-3-14-11-7-10-8(5-9(11)13)6-12(16)15-10/h5,7,14H,2-4,6,13H2,1H3,(H,15,16). The number of hydrogen-bond donors (Lipinski definition) is 3. The molecule has 1 aliphatic heterocycles. The van der Waals surface area contributed by atoms with E-state index in [1.165, 1.54) is 0 Å². The molecule has 0 aliphatic carbocycles. The van der Waals surface area contributed by atoms with E-state index in [9.17, 15) is 9.00 Å². The molecule has 0 saturated carbocycles. The zero-order valence-corrected chi connectivity index (χ0v) is 11.1. The van der Waals surface area contributed by atoms with Gasteiger partial charge in [-0.3, -0.25) is 9.00 Å². The van der Waals surface area contributed by atoms with Crippen LogP contribution in [0.15, 0.2) is 12.1 Å². The van der Waals surface area contributed by atoms with Crippen molar-refractivity contribution in [3.63, 3.8) is 0 Å². The first-order chi connectivity index (χ1) is 8.56. The van der Waals surface area contributed by atoms with Gasteiger partial charge in [-0.2, -0.15) is 0 Å². The van der Waals surface area contributed by atoms with Crippen molar-refractivity contribution in [1.29, 1.82) is 0 Å². The summed E-state index contributed by atoms with van der Waals surface area (Å²) in [5.74, 6) is 0.678. The predicted molar refractivity (Wildman–Crippen MR) is 75.2 cm³/mol. The van der Waals surface area contributed by atoms with Crippen LogP contribution < -0.4 is 16.4 Å². The van der Waals surface area contributed by atoms with E-state index < -0.39 is 10.8 Å². The molecule has 0 bridgehead atoms. The molecule has 6 heteroatoms. The Balaban J connectivity index is 1.99. The Hall–Kier alpha value is -1.56. The molecule has 4 N–H and O–H groups in total. The number of nitrogen functional groups attached to an aromatic ring is 1. The molecule has 1 atom stereocenters. The first-order valence-corrected chi connectivity index (χ1v) is 7.55. The first kappa shape index (κ1) is 12.9. The minimum absolute atomic E-state index is 0.00271. The average Bonchev–Trinajstić information content (AvgIpc) is 2.63. The number of fused-ring (bicyclic) bond motifs is 1. The van der Waals surface area contributed by atoms with Crippen LogP contribution >= 0.6 is 0 Å². The normalized spacial score (nSPS) is 15.1. The van der Waals surface area contributed by atoms with Crippen LogP contribution in [0.4, 0.5) is 17.1 Å². The Morgan fingerprint density at radius 2 is 2.28 bits per heavy atom. The lowest BCUT2D eigenvalue weighted by atomic mass is 10.1. The lowest BCUT2D eigenvalue weighted by Gasteiger charge is -2.11. The minimum atomic E-state index is -0.761. The van der Waals surface area contributed by atoms with Gasteiger partial charge in [0.15, 0.2) is 0 Å². The number of nitrogens with two attached hydrogens (primary N) is 1. The smallest absolute Gasteiger partial charge is 0.228 e. The molecule has 0 saturated heterocycles. The highest BCUT2D eigenvalue weighted by Gasteiger charge is 2.19. The van der Waals surface area contributed by atoms with E-state index in [4.69, 9.17) is 5.73 Å². The van der Waals surface area contributed by atoms with Gasteiger partial charge in [0.25, 0.3) is 0 Å². The maximum absolute atomic E-state index is 11.3. The van der Waals surface area contributed by atoms with E-state index in [-0.39, 0.29) is 5.91 Å². The van der Waals surface area contributed by atoms with Crippen LogP contribution in [0.5, 0.6) is 0 Å². The maximum atomic E-state index is 11.3. The third kappa shape index (κ3) is 3.01. The molecule has 1 amide bonds. The van der Waals surface area contributed by atoms with Gasteiger partial charge in [-0.25, -0.2) is 0 Å². The zero-order chi connectivity index (χ0) is 13.1. The van der Waals surface area contributed by atoms with Crippen LogP contribution in [0.1, 0.15) is 12.0 Å². The highest BCUT2D eigenvalue weighted by atomic mass is 32.2. The van der Waals surface area contributed by atoms with Gasteiger partial charge in [0, 0.05) is 35.0 Å². The van der Waals surface area contributed by atoms with Crippen LogP contribution in [0.3, 0.4) is 0 Å². The SMILES string of the molecule is CS(=O)CCCNc1cc2c(cc1N)CC(=O)N2. The van der Waals surface area contributed by atoms with Gasteiger partial charge in [0.05, 0.1) is 17.8 Å². The highest BCUT2D eigenvalue weighted by molar-refractivity contribution is 7.84. The number of carbonyl (C=O) groups is 1. The molecule has 0 aromatic heterocycles. The molecule has 5 nitrogen and oxygen atoms in total. The molecule has 0 spiro atoms. The summed E-state index contributed by atoms with van der Waals surface area (Å²) in [5, 5.41) is 5.99. The molecule has 1 aromatic carbocycles. The van der Waals surface area contributed by atoms with Crippen LogP contribution in [-0.2, 0) is 22.0 Å². The lowest BCUT2D eigenvalue weighted by Crippen LogP contribution is -2.08. The van der Waals surface area contributed by atoms with Crippen molar-refractivity contribution in [3.05, 3.63) is 17.7 Å². The summed E-state index contributed by atoms with van der Waals surface area (Å²) in [6, 6.07) is 3.69. The number of carbonyl (C=O) groups excluding carboxylic acids is 1. The molecule has 18 heavy (non-hydrogen) atoms. The Bertz CT molecular complexity index is 502. The van der Waals surface area contributed by atoms with Gasteiger partial charge < -0.3 is 16.4 Å². The second-order valence-electron chi connectivity index (χ2n) is 4.38. The molecule has 0 radical (unpaired) electrons. The predicted octanol–water partition coefficient (Wildman–Crippen LogP) is 0.944. The van der Waals surface area contributed by atoms with Crippen molar-refractivity contribution >= 4 is 33.8 Å². The number of rotatable bonds is 5. The summed E-state index contributed by atoms with van der Waals surface area (Å²) in [6.45, 7) is 0.719. The largest absolute Gasteiger partial charge is 0.397 e. The van der Waals surface area contributed by atoms with E-state index in [0.717, 1.165) is 29.9 Å². The molecule has 1 aromatic rings. The molecule has 1 aliphatic rings. The lowest BCUT2D eigenvalue weighted by molar-refractivity contribution is -0.115. The third-order valence-electron chi connectivity index (χ3n) is 2.82. The molecular weight excluding hydrogens is 250 g/mol. The number of benzene rings is 1. The first-order valence-electron chi connectivity index (χ1n) is 5.82. The summed E-state index contributed by atoms with van der Waals surface area (Å²) >= 11 is 0. The van der Waals surface area contributed by atoms with Crippen molar-refractivity contribution in [2.24, 2.45) is 0 Å². The van der Waals surface area contributed by atoms with E-state index >= 15 is 0 Å². The zero-order valence-electron chi connectivity index (χ0n) is 10.3. The Labute approximate surface area is 109 Å². The van der Waals surface area contributed by atoms with E-state index in [2.05, 4.69) is 10.6 Å². The van der Waals surface area contributed by atoms with E-state index in [0.29, 0.717) is 17.9 Å². The fourth-order valence-electron chi connectivity index (χ4n) is 1.95. The summed E-state index contributed by atoms with van der Waals surface area (Å²) in [4.78, 5) is 11.3. The van der Waals surface area contributed by atoms with Gasteiger partial charge in [-0.15, -0.1) is 0 Å². The summed E-state index contributed by atoms with van der Waals surface area (Å²) < 4.78 is 10.9. The van der Waals surface area contributed by atoms with Crippen molar-refractivity contribution in [2.45, 2.75) is 12.8 Å². The molecule has 1 unspecified atom stereocenters. The van der Waals surface area contributed by atoms with Crippen LogP contribution in [0, 0.1) is 0 Å². The fraction of sp³-hybridized carbons (Fsp3) is 0.417. The Morgan fingerprint density at radius 3 is 3.00 bits per heavy atom. The molecule has 98 valence electrons. The monoisotopic (exact) mass is 267 g/mol. The quantitative estimate of drug-likeness (QED) is 0.547.